The Labute approximate surface area is 126 Å². The molecule has 0 aromatic heterocycles. The average molecular weight is 300 g/mol. The van der Waals surface area contributed by atoms with Crippen molar-refractivity contribution in [3.63, 3.8) is 0 Å². The van der Waals surface area contributed by atoms with Crippen molar-refractivity contribution in [3.8, 4) is 0 Å². The van der Waals surface area contributed by atoms with Gasteiger partial charge in [-0.1, -0.05) is 27.7 Å². The van der Waals surface area contributed by atoms with Gasteiger partial charge >= 0.3 is 6.03 Å². The van der Waals surface area contributed by atoms with Gasteiger partial charge in [-0.3, -0.25) is 14.5 Å². The van der Waals surface area contributed by atoms with E-state index in [1.54, 1.807) is 20.9 Å². The highest BCUT2D eigenvalue weighted by Crippen LogP contribution is 2.09. The molecule has 0 spiro atoms. The molecule has 0 aliphatic rings. The maximum atomic E-state index is 12.3. The van der Waals surface area contributed by atoms with Crippen LogP contribution in [0.1, 0.15) is 34.1 Å². The van der Waals surface area contributed by atoms with Gasteiger partial charge in [-0.2, -0.15) is 0 Å². The van der Waals surface area contributed by atoms with Crippen molar-refractivity contribution in [2.24, 2.45) is 17.6 Å². The molecule has 0 unspecified atom stereocenters. The van der Waals surface area contributed by atoms with Crippen molar-refractivity contribution in [2.75, 3.05) is 14.1 Å². The summed E-state index contributed by atoms with van der Waals surface area (Å²) in [5.74, 6) is -0.573. The molecule has 7 heteroatoms. The monoisotopic (exact) mass is 300 g/mol. The number of amides is 4. The predicted molar refractivity (Wildman–Crippen MR) is 81.4 cm³/mol. The lowest BCUT2D eigenvalue weighted by atomic mass is 10.00. The number of urea groups is 1. The van der Waals surface area contributed by atoms with Gasteiger partial charge in [0.05, 0.1) is 6.04 Å². The summed E-state index contributed by atoms with van der Waals surface area (Å²) in [6, 6.07) is -2.00. The third-order valence-corrected chi connectivity index (χ3v) is 3.26. The first kappa shape index (κ1) is 19.4. The van der Waals surface area contributed by atoms with Crippen LogP contribution in [0.2, 0.25) is 0 Å². The summed E-state index contributed by atoms with van der Waals surface area (Å²) in [6.45, 7) is 7.64. The smallest absolute Gasteiger partial charge is 0.321 e. The van der Waals surface area contributed by atoms with E-state index in [4.69, 9.17) is 5.73 Å². The molecule has 2 atom stereocenters. The molecule has 21 heavy (non-hydrogen) atoms. The standard InChI is InChI=1S/C14H28N4O3/c1-8(2)7-10(16-5)12(19)17-11(9(3)4)13(20)18(6)14(15)21/h8-11,16H,7H2,1-6H3,(H2,15,21)(H,17,19)/t10-,11-/m0/s1. The third-order valence-electron chi connectivity index (χ3n) is 3.26. The van der Waals surface area contributed by atoms with Crippen molar-refractivity contribution in [3.05, 3.63) is 0 Å². The van der Waals surface area contributed by atoms with Crippen LogP contribution in [0.15, 0.2) is 0 Å². The van der Waals surface area contributed by atoms with Gasteiger partial charge in [-0.15, -0.1) is 0 Å². The molecule has 0 rings (SSSR count). The van der Waals surface area contributed by atoms with Crippen molar-refractivity contribution in [1.29, 1.82) is 0 Å². The molecule has 0 aliphatic carbocycles. The Morgan fingerprint density at radius 3 is 2.00 bits per heavy atom. The van der Waals surface area contributed by atoms with E-state index < -0.39 is 18.0 Å². The molecule has 0 fully saturated rings. The van der Waals surface area contributed by atoms with Crippen molar-refractivity contribution in [2.45, 2.75) is 46.2 Å². The summed E-state index contributed by atoms with van der Waals surface area (Å²) in [6.07, 6.45) is 0.660. The Kier molecular flexibility index (Phi) is 7.94. The van der Waals surface area contributed by atoms with Crippen LogP contribution in [-0.4, -0.2) is 48.9 Å². The summed E-state index contributed by atoms with van der Waals surface area (Å²) in [4.78, 5) is 36.4. The second kappa shape index (κ2) is 8.61. The average Bonchev–Trinajstić information content (AvgIpc) is 2.39. The minimum absolute atomic E-state index is 0.153. The van der Waals surface area contributed by atoms with E-state index >= 15 is 0 Å². The topological polar surface area (TPSA) is 105 Å². The lowest BCUT2D eigenvalue weighted by Gasteiger charge is -2.27. The fraction of sp³-hybridized carbons (Fsp3) is 0.786. The summed E-state index contributed by atoms with van der Waals surface area (Å²) in [5, 5.41) is 5.65. The largest absolute Gasteiger partial charge is 0.351 e. The molecule has 4 N–H and O–H groups in total. The van der Waals surface area contributed by atoms with E-state index in [0.29, 0.717) is 12.3 Å². The highest BCUT2D eigenvalue weighted by atomic mass is 16.2. The molecular weight excluding hydrogens is 272 g/mol. The molecule has 0 aromatic carbocycles. The summed E-state index contributed by atoms with van der Waals surface area (Å²) in [7, 11) is 3.00. The van der Waals surface area contributed by atoms with Crippen LogP contribution in [0.25, 0.3) is 0 Å². The predicted octanol–water partition coefficient (Wildman–Crippen LogP) is 0.298. The van der Waals surface area contributed by atoms with Crippen LogP contribution in [0.3, 0.4) is 0 Å². The first-order valence-corrected chi connectivity index (χ1v) is 7.16. The van der Waals surface area contributed by atoms with E-state index in [9.17, 15) is 14.4 Å². The number of carbonyl (C=O) groups is 3. The van der Waals surface area contributed by atoms with E-state index in [1.807, 2.05) is 13.8 Å². The fourth-order valence-corrected chi connectivity index (χ4v) is 1.91. The van der Waals surface area contributed by atoms with Crippen LogP contribution in [0.4, 0.5) is 4.79 Å². The Bertz CT molecular complexity index is 382. The van der Waals surface area contributed by atoms with Gasteiger partial charge in [0.25, 0.3) is 5.91 Å². The maximum absolute atomic E-state index is 12.3. The molecule has 0 aromatic rings. The van der Waals surface area contributed by atoms with Crippen LogP contribution in [0.5, 0.6) is 0 Å². The second-order valence-corrected chi connectivity index (χ2v) is 5.94. The third kappa shape index (κ3) is 6.12. The molecule has 122 valence electrons. The van der Waals surface area contributed by atoms with Crippen molar-refractivity contribution >= 4 is 17.8 Å². The number of nitrogens with two attached hydrogens (primary N) is 1. The Hall–Kier alpha value is -1.63. The summed E-state index contributed by atoms with van der Waals surface area (Å²) in [5.41, 5.74) is 5.10. The second-order valence-electron chi connectivity index (χ2n) is 5.94. The van der Waals surface area contributed by atoms with E-state index in [1.165, 1.54) is 7.05 Å². The molecule has 0 heterocycles. The first-order chi connectivity index (χ1) is 9.61. The minimum Gasteiger partial charge on any atom is -0.351 e. The van der Waals surface area contributed by atoms with Crippen LogP contribution in [0, 0.1) is 11.8 Å². The van der Waals surface area contributed by atoms with Gasteiger partial charge in [0.15, 0.2) is 0 Å². The van der Waals surface area contributed by atoms with Crippen LogP contribution in [-0.2, 0) is 9.59 Å². The molecule has 0 saturated heterocycles. The number of hydrogen-bond donors (Lipinski definition) is 3. The van der Waals surface area contributed by atoms with Crippen LogP contribution >= 0.6 is 0 Å². The van der Waals surface area contributed by atoms with E-state index in [-0.39, 0.29) is 17.9 Å². The van der Waals surface area contributed by atoms with E-state index in [2.05, 4.69) is 10.6 Å². The lowest BCUT2D eigenvalue weighted by molar-refractivity contribution is -0.135. The quantitative estimate of drug-likeness (QED) is 0.629. The Morgan fingerprint density at radius 1 is 1.14 bits per heavy atom. The normalized spacial score (nSPS) is 13.9. The highest BCUT2D eigenvalue weighted by Gasteiger charge is 2.30. The lowest BCUT2D eigenvalue weighted by Crippen LogP contribution is -2.56. The zero-order chi connectivity index (χ0) is 16.7. The van der Waals surface area contributed by atoms with Gasteiger partial charge in [-0.05, 0) is 25.3 Å². The molecule has 7 nitrogen and oxygen atoms in total. The molecule has 4 amide bonds. The van der Waals surface area contributed by atoms with E-state index in [0.717, 1.165) is 4.90 Å². The summed E-state index contributed by atoms with van der Waals surface area (Å²) < 4.78 is 0. The Balaban J connectivity index is 4.96. The Morgan fingerprint density at radius 2 is 1.67 bits per heavy atom. The fourth-order valence-electron chi connectivity index (χ4n) is 1.91. The molecular formula is C14H28N4O3. The van der Waals surface area contributed by atoms with Gasteiger partial charge in [0.2, 0.25) is 5.91 Å². The van der Waals surface area contributed by atoms with Crippen LogP contribution < -0.4 is 16.4 Å². The maximum Gasteiger partial charge on any atom is 0.321 e. The first-order valence-electron chi connectivity index (χ1n) is 7.16. The number of primary amides is 1. The number of carbonyl (C=O) groups excluding carboxylic acids is 3. The highest BCUT2D eigenvalue weighted by molar-refractivity contribution is 5.98. The summed E-state index contributed by atoms with van der Waals surface area (Å²) >= 11 is 0. The number of hydrogen-bond acceptors (Lipinski definition) is 4. The van der Waals surface area contributed by atoms with Gasteiger partial charge in [-0.25, -0.2) is 4.79 Å². The van der Waals surface area contributed by atoms with Gasteiger partial charge in [0, 0.05) is 7.05 Å². The number of rotatable bonds is 7. The zero-order valence-corrected chi connectivity index (χ0v) is 13.8. The number of likely N-dealkylation sites (N-methyl/N-ethyl adjacent to an activating group) is 2. The van der Waals surface area contributed by atoms with Gasteiger partial charge < -0.3 is 16.4 Å². The molecule has 0 radical (unpaired) electrons. The van der Waals surface area contributed by atoms with Crippen molar-refractivity contribution in [1.82, 2.24) is 15.5 Å². The molecule has 0 bridgehead atoms. The van der Waals surface area contributed by atoms with Crippen molar-refractivity contribution < 1.29 is 14.4 Å². The number of nitrogens with one attached hydrogen (secondary N) is 2. The zero-order valence-electron chi connectivity index (χ0n) is 13.8. The molecule has 0 saturated carbocycles. The number of nitrogens with zero attached hydrogens (tertiary/aromatic N) is 1. The number of imide groups is 1. The molecule has 0 aliphatic heterocycles. The minimum atomic E-state index is -0.841. The SMILES string of the molecule is CN[C@@H](CC(C)C)C(=O)N[C@H](C(=O)N(C)C(N)=O)C(C)C. The van der Waals surface area contributed by atoms with Gasteiger partial charge in [0.1, 0.15) is 6.04 Å².